The van der Waals surface area contributed by atoms with E-state index in [1.54, 1.807) is 12.3 Å². The van der Waals surface area contributed by atoms with Crippen molar-refractivity contribution in [3.05, 3.63) is 41.6 Å². The van der Waals surface area contributed by atoms with Gasteiger partial charge in [-0.25, -0.2) is 4.57 Å². The van der Waals surface area contributed by atoms with E-state index in [1.807, 2.05) is 28.8 Å². The number of nitrogens with zero attached hydrogens (tertiary/aromatic N) is 1. The van der Waals surface area contributed by atoms with Crippen molar-refractivity contribution >= 4 is 27.4 Å². The molecule has 0 atom stereocenters. The highest BCUT2D eigenvalue weighted by molar-refractivity contribution is 7.92. The lowest BCUT2D eigenvalue weighted by Gasteiger charge is -2.23. The highest BCUT2D eigenvalue weighted by Crippen LogP contribution is 2.31. The van der Waals surface area contributed by atoms with E-state index in [2.05, 4.69) is 4.72 Å². The standard InChI is InChI=1S/C18H19ClN2O4S/c19-14-11-17(18-20-26(22,23)10-7-21(18)12-14)13-1-3-15(4-2-13)25-16-5-8-24-9-6-16/h1-4,11-12,16H,5-10H2/p+1. The van der Waals surface area contributed by atoms with Crippen LogP contribution in [-0.2, 0) is 21.3 Å². The molecule has 1 N–H and O–H groups in total. The summed E-state index contributed by atoms with van der Waals surface area (Å²) in [6, 6.07) is 9.42. The molecule has 0 unspecified atom stereocenters. The summed E-state index contributed by atoms with van der Waals surface area (Å²) in [5, 5.41) is 0.562. The van der Waals surface area contributed by atoms with Gasteiger partial charge < -0.3 is 9.47 Å². The molecular formula is C18H20ClN2O4S+. The summed E-state index contributed by atoms with van der Waals surface area (Å²) in [6.45, 7) is 1.84. The molecule has 0 bridgehead atoms. The summed E-state index contributed by atoms with van der Waals surface area (Å²) in [7, 11) is -3.32. The van der Waals surface area contributed by atoms with Crippen molar-refractivity contribution in [3.63, 3.8) is 0 Å². The fourth-order valence-corrected chi connectivity index (χ4v) is 4.53. The van der Waals surface area contributed by atoms with Crippen LogP contribution in [0.2, 0.25) is 5.02 Å². The Bertz CT molecular complexity index is 910. The Hall–Kier alpha value is -1.83. The van der Waals surface area contributed by atoms with Crippen LogP contribution in [0.1, 0.15) is 12.8 Å². The molecule has 1 aromatic carbocycles. The number of hydrogen-bond acceptors (Lipinski definition) is 4. The Kier molecular flexibility index (Phi) is 4.77. The van der Waals surface area contributed by atoms with Crippen molar-refractivity contribution in [1.82, 2.24) is 0 Å². The van der Waals surface area contributed by atoms with Crippen LogP contribution in [0.3, 0.4) is 0 Å². The Morgan fingerprint density at radius 3 is 2.65 bits per heavy atom. The Balaban J connectivity index is 1.62. The third-order valence-electron chi connectivity index (χ3n) is 4.59. The van der Waals surface area contributed by atoms with Gasteiger partial charge in [0.25, 0.3) is 5.82 Å². The van der Waals surface area contributed by atoms with Crippen LogP contribution in [-0.4, -0.2) is 33.5 Å². The minimum atomic E-state index is -3.32. The highest BCUT2D eigenvalue weighted by atomic mass is 35.5. The third kappa shape index (κ3) is 3.79. The second-order valence-electron chi connectivity index (χ2n) is 6.49. The number of aromatic nitrogens is 1. The van der Waals surface area contributed by atoms with Gasteiger partial charge in [-0.1, -0.05) is 23.7 Å². The maximum absolute atomic E-state index is 12.0. The number of halogens is 1. The molecule has 0 spiro atoms. The van der Waals surface area contributed by atoms with Crippen molar-refractivity contribution in [3.8, 4) is 16.9 Å². The maximum atomic E-state index is 12.0. The van der Waals surface area contributed by atoms with Crippen LogP contribution in [0.25, 0.3) is 11.1 Å². The minimum absolute atomic E-state index is 0.0440. The second kappa shape index (κ2) is 7.06. The summed E-state index contributed by atoms with van der Waals surface area (Å²) >= 11 is 6.23. The SMILES string of the molecule is O=S1(=O)CC[n+]2cc(Cl)cc(-c3ccc(OC4CCOCC4)cc3)c2N1. The number of benzene rings is 1. The first-order valence-corrected chi connectivity index (χ1v) is 10.6. The average molecular weight is 396 g/mol. The van der Waals surface area contributed by atoms with Crippen molar-refractivity contribution in [2.45, 2.75) is 25.5 Å². The Labute approximate surface area is 157 Å². The van der Waals surface area contributed by atoms with Crippen molar-refractivity contribution in [2.24, 2.45) is 0 Å². The molecule has 1 aromatic heterocycles. The molecule has 26 heavy (non-hydrogen) atoms. The topological polar surface area (TPSA) is 68.5 Å². The predicted octanol–water partition coefficient (Wildman–Crippen LogP) is 2.61. The number of fused-ring (bicyclic) bond motifs is 1. The summed E-state index contributed by atoms with van der Waals surface area (Å²) in [5.41, 5.74) is 1.62. The van der Waals surface area contributed by atoms with E-state index < -0.39 is 10.0 Å². The lowest BCUT2D eigenvalue weighted by molar-refractivity contribution is -0.679. The molecule has 0 saturated carbocycles. The largest absolute Gasteiger partial charge is 0.490 e. The first kappa shape index (κ1) is 17.6. The van der Waals surface area contributed by atoms with E-state index in [-0.39, 0.29) is 11.9 Å². The molecule has 6 nitrogen and oxygen atoms in total. The van der Waals surface area contributed by atoms with Crippen LogP contribution >= 0.6 is 11.6 Å². The molecule has 0 radical (unpaired) electrons. The number of anilines is 1. The van der Waals surface area contributed by atoms with E-state index >= 15 is 0 Å². The summed E-state index contributed by atoms with van der Waals surface area (Å²) < 4.78 is 39.8. The van der Waals surface area contributed by atoms with Gasteiger partial charge in [0.15, 0.2) is 0 Å². The van der Waals surface area contributed by atoms with Gasteiger partial charge in [0.1, 0.15) is 30.3 Å². The van der Waals surface area contributed by atoms with Gasteiger partial charge in [-0.05, 0) is 23.8 Å². The number of hydrogen-bond donors (Lipinski definition) is 1. The van der Waals surface area contributed by atoms with E-state index in [4.69, 9.17) is 21.1 Å². The fourth-order valence-electron chi connectivity index (χ4n) is 3.24. The lowest BCUT2D eigenvalue weighted by atomic mass is 10.1. The van der Waals surface area contributed by atoms with Crippen LogP contribution in [0.5, 0.6) is 5.75 Å². The quantitative estimate of drug-likeness (QED) is 0.811. The van der Waals surface area contributed by atoms with Crippen molar-refractivity contribution in [2.75, 3.05) is 23.7 Å². The Morgan fingerprint density at radius 1 is 1.19 bits per heavy atom. The zero-order chi connectivity index (χ0) is 18.1. The van der Waals surface area contributed by atoms with Gasteiger partial charge in [0, 0.05) is 12.8 Å². The van der Waals surface area contributed by atoms with E-state index in [9.17, 15) is 8.42 Å². The molecule has 138 valence electrons. The monoisotopic (exact) mass is 395 g/mol. The van der Waals surface area contributed by atoms with Crippen molar-refractivity contribution < 1.29 is 22.5 Å². The first-order valence-electron chi connectivity index (χ1n) is 8.58. The molecule has 1 saturated heterocycles. The minimum Gasteiger partial charge on any atom is -0.490 e. The number of sulfonamides is 1. The predicted molar refractivity (Wildman–Crippen MR) is 99.0 cm³/mol. The van der Waals surface area contributed by atoms with Gasteiger partial charge in [-0.2, -0.15) is 13.1 Å². The highest BCUT2D eigenvalue weighted by Gasteiger charge is 2.30. The summed E-state index contributed by atoms with van der Waals surface area (Å²) in [6.07, 6.45) is 3.70. The van der Waals surface area contributed by atoms with Crippen molar-refractivity contribution in [1.29, 1.82) is 0 Å². The van der Waals surface area contributed by atoms with Gasteiger partial charge >= 0.3 is 10.0 Å². The second-order valence-corrected chi connectivity index (χ2v) is 8.77. The summed E-state index contributed by atoms with van der Waals surface area (Å²) in [5.74, 6) is 1.38. The normalized spacial score (nSPS) is 19.4. The number of aryl methyl sites for hydroxylation is 1. The fraction of sp³-hybridized carbons (Fsp3) is 0.389. The smallest absolute Gasteiger partial charge is 0.302 e. The molecular weight excluding hydrogens is 376 g/mol. The molecule has 0 amide bonds. The molecule has 1 fully saturated rings. The molecule has 0 aliphatic carbocycles. The van der Waals surface area contributed by atoms with E-state index in [1.165, 1.54) is 0 Å². The van der Waals surface area contributed by atoms with E-state index in [0.717, 1.165) is 42.9 Å². The number of rotatable bonds is 3. The number of ether oxygens (including phenoxy) is 2. The molecule has 3 heterocycles. The van der Waals surface area contributed by atoms with Crippen LogP contribution < -0.4 is 14.0 Å². The van der Waals surface area contributed by atoms with Crippen LogP contribution in [0, 0.1) is 0 Å². The molecule has 8 heteroatoms. The zero-order valence-corrected chi connectivity index (χ0v) is 15.7. The van der Waals surface area contributed by atoms with Gasteiger partial charge in [0.2, 0.25) is 0 Å². The molecule has 2 aliphatic rings. The molecule has 2 aliphatic heterocycles. The maximum Gasteiger partial charge on any atom is 0.302 e. The average Bonchev–Trinajstić information content (AvgIpc) is 2.63. The summed E-state index contributed by atoms with van der Waals surface area (Å²) in [4.78, 5) is 0. The van der Waals surface area contributed by atoms with Gasteiger partial charge in [-0.15, -0.1) is 0 Å². The first-order chi connectivity index (χ1) is 12.5. The zero-order valence-electron chi connectivity index (χ0n) is 14.2. The lowest BCUT2D eigenvalue weighted by Crippen LogP contribution is -2.47. The van der Waals surface area contributed by atoms with Crippen LogP contribution in [0.4, 0.5) is 5.82 Å². The Morgan fingerprint density at radius 2 is 1.92 bits per heavy atom. The number of pyridine rings is 1. The number of nitrogens with one attached hydrogen (secondary N) is 1. The van der Waals surface area contributed by atoms with Crippen LogP contribution in [0.15, 0.2) is 36.5 Å². The van der Waals surface area contributed by atoms with Gasteiger partial charge in [-0.3, -0.25) is 0 Å². The molecule has 2 aromatic rings. The van der Waals surface area contributed by atoms with E-state index in [0.29, 0.717) is 17.4 Å². The van der Waals surface area contributed by atoms with Gasteiger partial charge in [0.05, 0.1) is 23.8 Å². The third-order valence-corrected chi connectivity index (χ3v) is 6.02. The molecule has 4 rings (SSSR count).